The zero-order chi connectivity index (χ0) is 24.6. The molecule has 4 rings (SSSR count). The number of esters is 1. The standard InChI is InChI=1S/C25H27ClN4O3S/c1-14-15(2)28-22(16(3)27-14)25(32)33-21-12-17-13-30(11-10-20(17)34-21)23(24(31)29(4)5)18-8-6-7-9-19(18)26/h6-9,12,23H,10-11,13H2,1-5H3. The average molecular weight is 499 g/mol. The van der Waals surface area contributed by atoms with Gasteiger partial charge in [0.15, 0.2) is 10.8 Å². The summed E-state index contributed by atoms with van der Waals surface area (Å²) in [5, 5.41) is 1.09. The number of aryl methyl sites for hydroxylation is 3. The molecule has 0 radical (unpaired) electrons. The van der Waals surface area contributed by atoms with Crippen LogP contribution in [0, 0.1) is 20.8 Å². The lowest BCUT2D eigenvalue weighted by Crippen LogP contribution is -2.42. The summed E-state index contributed by atoms with van der Waals surface area (Å²) in [6.45, 7) is 6.69. The molecule has 178 valence electrons. The van der Waals surface area contributed by atoms with E-state index in [4.69, 9.17) is 16.3 Å². The number of thiophene rings is 1. The number of benzene rings is 1. The van der Waals surface area contributed by atoms with Crippen LogP contribution in [0.15, 0.2) is 30.3 Å². The van der Waals surface area contributed by atoms with Gasteiger partial charge in [-0.05, 0) is 50.5 Å². The Hall–Kier alpha value is -2.81. The third-order valence-corrected chi connectivity index (χ3v) is 7.44. The molecule has 0 aliphatic carbocycles. The third kappa shape index (κ3) is 4.85. The Labute approximate surface area is 208 Å². The van der Waals surface area contributed by atoms with Crippen LogP contribution in [-0.2, 0) is 17.8 Å². The maximum atomic E-state index is 13.1. The number of fused-ring (bicyclic) bond motifs is 1. The highest BCUT2D eigenvalue weighted by Crippen LogP contribution is 2.38. The van der Waals surface area contributed by atoms with Crippen LogP contribution in [0.1, 0.15) is 49.6 Å². The first-order chi connectivity index (χ1) is 16.2. The lowest BCUT2D eigenvalue weighted by atomic mass is 10.00. The fourth-order valence-electron chi connectivity index (χ4n) is 4.07. The Morgan fingerprint density at radius 2 is 1.82 bits per heavy atom. The maximum Gasteiger partial charge on any atom is 0.365 e. The number of amides is 1. The van der Waals surface area contributed by atoms with Crippen LogP contribution in [0.25, 0.3) is 0 Å². The summed E-state index contributed by atoms with van der Waals surface area (Å²) >= 11 is 7.94. The first-order valence-electron chi connectivity index (χ1n) is 11.0. The average Bonchev–Trinajstić information content (AvgIpc) is 3.19. The molecule has 0 bridgehead atoms. The Morgan fingerprint density at radius 3 is 2.53 bits per heavy atom. The first-order valence-corrected chi connectivity index (χ1v) is 12.2. The highest BCUT2D eigenvalue weighted by molar-refractivity contribution is 7.14. The smallest absolute Gasteiger partial charge is 0.365 e. The molecule has 3 heterocycles. The van der Waals surface area contributed by atoms with Gasteiger partial charge in [-0.25, -0.2) is 9.78 Å². The second-order valence-corrected chi connectivity index (χ2v) is 10.1. The Kier molecular flexibility index (Phi) is 7.02. The maximum absolute atomic E-state index is 13.1. The quantitative estimate of drug-likeness (QED) is 0.481. The van der Waals surface area contributed by atoms with Gasteiger partial charge >= 0.3 is 5.97 Å². The van der Waals surface area contributed by atoms with Crippen molar-refractivity contribution in [2.45, 2.75) is 39.8 Å². The number of hydrogen-bond acceptors (Lipinski definition) is 7. The van der Waals surface area contributed by atoms with Crippen molar-refractivity contribution in [1.29, 1.82) is 0 Å². The fourth-order valence-corrected chi connectivity index (χ4v) is 5.32. The Balaban J connectivity index is 1.57. The number of ether oxygens (including phenoxy) is 1. The molecule has 0 N–H and O–H groups in total. The van der Waals surface area contributed by atoms with Gasteiger partial charge in [-0.15, -0.1) is 11.3 Å². The van der Waals surface area contributed by atoms with E-state index >= 15 is 0 Å². The molecular weight excluding hydrogens is 472 g/mol. The van der Waals surface area contributed by atoms with Crippen molar-refractivity contribution in [3.05, 3.63) is 74.1 Å². The number of hydrogen-bond donors (Lipinski definition) is 0. The highest BCUT2D eigenvalue weighted by atomic mass is 35.5. The van der Waals surface area contributed by atoms with Crippen LogP contribution in [-0.4, -0.2) is 52.3 Å². The van der Waals surface area contributed by atoms with E-state index in [1.807, 2.05) is 44.2 Å². The van der Waals surface area contributed by atoms with Crippen molar-refractivity contribution in [3.63, 3.8) is 0 Å². The van der Waals surface area contributed by atoms with Gasteiger partial charge in [-0.1, -0.05) is 29.8 Å². The van der Waals surface area contributed by atoms with E-state index in [2.05, 4.69) is 14.9 Å². The normalized spacial score (nSPS) is 14.4. The lowest BCUT2D eigenvalue weighted by molar-refractivity contribution is -0.135. The SMILES string of the molecule is Cc1nc(C)c(C(=O)Oc2cc3c(s2)CCN(C(C(=O)N(C)C)c2ccccc2Cl)C3)nc1C. The zero-order valence-electron chi connectivity index (χ0n) is 19.9. The van der Waals surface area contributed by atoms with Crippen LogP contribution < -0.4 is 4.74 Å². The summed E-state index contributed by atoms with van der Waals surface area (Å²) in [7, 11) is 3.50. The van der Waals surface area contributed by atoms with Gasteiger partial charge in [0, 0.05) is 37.1 Å². The van der Waals surface area contributed by atoms with E-state index in [0.717, 1.165) is 28.1 Å². The predicted molar refractivity (Wildman–Crippen MR) is 133 cm³/mol. The van der Waals surface area contributed by atoms with E-state index in [1.54, 1.807) is 25.9 Å². The minimum absolute atomic E-state index is 0.0257. The molecule has 1 atom stereocenters. The summed E-state index contributed by atoms with van der Waals surface area (Å²) in [6.07, 6.45) is 0.752. The van der Waals surface area contributed by atoms with E-state index in [9.17, 15) is 9.59 Å². The minimum Gasteiger partial charge on any atom is -0.411 e. The van der Waals surface area contributed by atoms with Crippen molar-refractivity contribution in [1.82, 2.24) is 19.8 Å². The summed E-state index contributed by atoms with van der Waals surface area (Å²) in [5.41, 5.74) is 4.11. The monoisotopic (exact) mass is 498 g/mol. The number of nitrogens with zero attached hydrogens (tertiary/aromatic N) is 4. The van der Waals surface area contributed by atoms with Crippen LogP contribution in [0.3, 0.4) is 0 Å². The van der Waals surface area contributed by atoms with Gasteiger partial charge in [0.2, 0.25) is 5.91 Å². The number of likely N-dealkylation sites (N-methyl/N-ethyl adjacent to an activating group) is 1. The highest BCUT2D eigenvalue weighted by Gasteiger charge is 2.33. The summed E-state index contributed by atoms with van der Waals surface area (Å²) < 4.78 is 5.68. The topological polar surface area (TPSA) is 75.6 Å². The molecule has 9 heteroatoms. The second-order valence-electron chi connectivity index (χ2n) is 8.61. The summed E-state index contributed by atoms with van der Waals surface area (Å²) in [6, 6.07) is 8.86. The van der Waals surface area contributed by atoms with E-state index in [0.29, 0.717) is 34.6 Å². The number of rotatable bonds is 5. The molecule has 34 heavy (non-hydrogen) atoms. The van der Waals surface area contributed by atoms with Gasteiger partial charge in [0.1, 0.15) is 6.04 Å². The number of carbonyl (C=O) groups excluding carboxylic acids is 2. The molecule has 1 unspecified atom stereocenters. The van der Waals surface area contributed by atoms with Crippen LogP contribution >= 0.6 is 22.9 Å². The van der Waals surface area contributed by atoms with Gasteiger partial charge in [0.25, 0.3) is 0 Å². The van der Waals surface area contributed by atoms with E-state index in [-0.39, 0.29) is 11.6 Å². The molecule has 2 aromatic heterocycles. The molecule has 0 saturated heterocycles. The molecule has 7 nitrogen and oxygen atoms in total. The van der Waals surface area contributed by atoms with Crippen LogP contribution in [0.2, 0.25) is 5.02 Å². The van der Waals surface area contributed by atoms with E-state index in [1.165, 1.54) is 11.3 Å². The molecule has 0 spiro atoms. The second kappa shape index (κ2) is 9.82. The molecule has 1 aliphatic heterocycles. The van der Waals surface area contributed by atoms with Gasteiger partial charge in [-0.3, -0.25) is 14.7 Å². The molecule has 1 amide bonds. The van der Waals surface area contributed by atoms with Crippen molar-refractivity contribution >= 4 is 34.8 Å². The third-order valence-electron chi connectivity index (χ3n) is 5.98. The van der Waals surface area contributed by atoms with Crippen LogP contribution in [0.4, 0.5) is 0 Å². The Bertz CT molecular complexity index is 1260. The Morgan fingerprint density at radius 1 is 1.12 bits per heavy atom. The van der Waals surface area contributed by atoms with Gasteiger partial charge < -0.3 is 9.64 Å². The molecule has 0 saturated carbocycles. The van der Waals surface area contributed by atoms with Crippen molar-refractivity contribution < 1.29 is 14.3 Å². The minimum atomic E-state index is -0.514. The molecular formula is C25H27ClN4O3S. The zero-order valence-corrected chi connectivity index (χ0v) is 21.5. The lowest BCUT2D eigenvalue weighted by Gasteiger charge is -2.35. The summed E-state index contributed by atoms with van der Waals surface area (Å²) in [4.78, 5) is 39.5. The first kappa shape index (κ1) is 24.3. The largest absolute Gasteiger partial charge is 0.411 e. The predicted octanol–water partition coefficient (Wildman–Crippen LogP) is 4.52. The number of aromatic nitrogens is 2. The van der Waals surface area contributed by atoms with Crippen molar-refractivity contribution in [2.24, 2.45) is 0 Å². The molecule has 1 aliphatic rings. The van der Waals surface area contributed by atoms with E-state index < -0.39 is 12.0 Å². The number of halogens is 1. The number of carbonyl (C=O) groups is 2. The molecule has 0 fully saturated rings. The van der Waals surface area contributed by atoms with Gasteiger partial charge in [0.05, 0.1) is 17.1 Å². The van der Waals surface area contributed by atoms with Crippen molar-refractivity contribution in [2.75, 3.05) is 20.6 Å². The van der Waals surface area contributed by atoms with Crippen LogP contribution in [0.5, 0.6) is 5.06 Å². The van der Waals surface area contributed by atoms with Gasteiger partial charge in [-0.2, -0.15) is 0 Å². The van der Waals surface area contributed by atoms with Crippen molar-refractivity contribution in [3.8, 4) is 5.06 Å². The molecule has 1 aromatic carbocycles. The summed E-state index contributed by atoms with van der Waals surface area (Å²) in [5.74, 6) is -0.539. The molecule has 3 aromatic rings. The fraction of sp³-hybridized carbons (Fsp3) is 0.360.